The molecular weight excluding hydrogens is 554 g/mol. The molecule has 0 bridgehead atoms. The maximum Gasteiger partial charge on any atom is 0 e. The van der Waals surface area contributed by atoms with Gasteiger partial charge < -0.3 is 84.0 Å². The van der Waals surface area contributed by atoms with Crippen molar-refractivity contribution in [2.45, 2.75) is 7.43 Å². The molecule has 0 unspecified atom stereocenters. The summed E-state index contributed by atoms with van der Waals surface area (Å²) in [6.45, 7) is 0. The summed E-state index contributed by atoms with van der Waals surface area (Å²) in [4.78, 5) is 0. The van der Waals surface area contributed by atoms with Crippen molar-refractivity contribution in [1.82, 2.24) is 0 Å². The van der Waals surface area contributed by atoms with Crippen molar-refractivity contribution >= 4 is 0 Å². The second-order valence-electron chi connectivity index (χ2n) is 0. The van der Waals surface area contributed by atoms with E-state index < -0.39 is 0 Å². The van der Waals surface area contributed by atoms with Gasteiger partial charge in [0, 0.05) is 42.1 Å². The fourth-order valence-electron chi connectivity index (χ4n) is 0. The molecule has 0 aliphatic carbocycles. The van der Waals surface area contributed by atoms with Gasteiger partial charge in [-0.05, 0) is 0 Å². The molecule has 0 atom stereocenters. The number of nitrogens with two attached hydrogens (primary N) is 4. The van der Waals surface area contributed by atoms with E-state index in [0.717, 1.165) is 0 Å². The van der Waals surface area contributed by atoms with Crippen LogP contribution in [0.15, 0.2) is 0 Å². The third-order valence-electron chi connectivity index (χ3n) is 0. The van der Waals surface area contributed by atoms with Gasteiger partial charge in [-0.3, -0.25) is 0 Å². The van der Waals surface area contributed by atoms with Crippen molar-refractivity contribution in [1.29, 1.82) is 0 Å². The van der Waals surface area contributed by atoms with Crippen LogP contribution in [-0.2, 0) is 42.1 Å². The van der Waals surface area contributed by atoms with Gasteiger partial charge in [0.25, 0.3) is 0 Å². The first-order valence-electron chi connectivity index (χ1n) is 0. The fraction of sp³-hybridized carbons (Fsp3) is 0.111. The minimum absolute atomic E-state index is 0. The topological polar surface area (TPSA) is 134 Å². The smallest absolute Gasteiger partial charge is 0 e. The Labute approximate surface area is 133 Å². The Balaban J connectivity index is 0. The summed E-state index contributed by atoms with van der Waals surface area (Å²) in [7, 11) is 0. The Hall–Kier alpha value is 1.22. The van der Waals surface area contributed by atoms with E-state index in [1.54, 1.807) is 0 Å². The van der Waals surface area contributed by atoms with Crippen LogP contribution in [0, 0.1) is 59.4 Å². The number of hydrogen-bond acceptors (Lipinski definition) is 0. The Bertz CT molecular complexity index is 20.1. The number of rotatable bonds is 0. The normalized spacial score (nSPS) is 0. The fourth-order valence-corrected chi connectivity index (χ4v) is 0. The van der Waals surface area contributed by atoms with Crippen LogP contribution in [0.4, 0.5) is 0 Å². The first-order valence-corrected chi connectivity index (χ1v) is 0. The summed E-state index contributed by atoms with van der Waals surface area (Å²) in [5.74, 6) is 0. The van der Waals surface area contributed by atoms with E-state index in [0.29, 0.717) is 0 Å². The van der Waals surface area contributed by atoms with Crippen LogP contribution < -0.4 is 0 Å². The summed E-state index contributed by atoms with van der Waals surface area (Å²) in [6.07, 6.45) is 0. The van der Waals surface area contributed by atoms with Crippen molar-refractivity contribution in [3.8, 4) is 0 Å². The van der Waals surface area contributed by atoms with Crippen molar-refractivity contribution in [3.63, 3.8) is 0 Å². The van der Waals surface area contributed by atoms with E-state index in [9.17, 15) is 0 Å². The standard InChI is InChI=1S/CH4.8CH3.4H2N.2Pt/h1H4;8*1H3;4*1H2;;/q;12*-1;;. The van der Waals surface area contributed by atoms with Gasteiger partial charge in [-0.1, -0.05) is 7.43 Å². The third-order valence-corrected chi connectivity index (χ3v) is 0. The number of hydrogen-bond donors (Lipinski definition) is 0. The Kier molecular flexibility index (Phi) is 351000. The van der Waals surface area contributed by atoms with Crippen LogP contribution >= 0.6 is 0 Å². The van der Waals surface area contributed by atoms with Gasteiger partial charge in [-0.25, -0.2) is 0 Å². The zero-order valence-corrected chi connectivity index (χ0v) is 15.5. The molecule has 0 aromatic heterocycles. The SMILES string of the molecule is C.[CH3-].[CH3-].[CH3-].[CH3-].[CH3-].[CH3-].[CH3-].[CH3-].[NH2-].[NH2-].[NH2-].[NH2-].[Pt].[Pt]. The predicted molar refractivity (Wildman–Crippen MR) is 79.2 cm³/mol. The average Bonchev–Trinajstić information content (AvgIpc) is 0. The minimum atomic E-state index is 0. The average molecular weight is 591 g/mol. The predicted octanol–water partition coefficient (Wildman–Crippen LogP) is 7.10. The molecule has 15 heavy (non-hydrogen) atoms. The molecule has 0 saturated heterocycles. The molecule has 0 aliphatic heterocycles. The van der Waals surface area contributed by atoms with Crippen molar-refractivity contribution < 1.29 is 42.1 Å². The monoisotopic (exact) mass is 590 g/mol. The second-order valence-corrected chi connectivity index (χ2v) is 0. The first-order chi connectivity index (χ1) is 0. The minimum Gasteiger partial charge on any atom is -0.693 e. The Morgan fingerprint density at radius 2 is 0.267 bits per heavy atom. The van der Waals surface area contributed by atoms with Crippen LogP contribution in [-0.4, -0.2) is 0 Å². The Morgan fingerprint density at radius 3 is 0.267 bits per heavy atom. The quantitative estimate of drug-likeness (QED) is 0.266. The molecule has 0 fully saturated rings. The van der Waals surface area contributed by atoms with Crippen LogP contribution in [0.2, 0.25) is 0 Å². The summed E-state index contributed by atoms with van der Waals surface area (Å²) in [6, 6.07) is 0. The molecule has 8 N–H and O–H groups in total. The molecule has 0 heterocycles. The van der Waals surface area contributed by atoms with Crippen LogP contribution in [0.3, 0.4) is 0 Å². The van der Waals surface area contributed by atoms with Crippen LogP contribution in [0.25, 0.3) is 24.6 Å². The molecule has 0 amide bonds. The maximum absolute atomic E-state index is 0. The molecule has 0 aromatic carbocycles. The zero-order chi connectivity index (χ0) is 0. The summed E-state index contributed by atoms with van der Waals surface area (Å²) in [5.41, 5.74) is 0. The molecule has 4 nitrogen and oxygen atoms in total. The summed E-state index contributed by atoms with van der Waals surface area (Å²) < 4.78 is 0. The zero-order valence-electron chi connectivity index (χ0n) is 10.9. The van der Waals surface area contributed by atoms with Gasteiger partial charge >= 0.3 is 0 Å². The van der Waals surface area contributed by atoms with E-state index in [4.69, 9.17) is 0 Å². The second kappa shape index (κ2) is 2080. The van der Waals surface area contributed by atoms with Crippen LogP contribution in [0.5, 0.6) is 0 Å². The van der Waals surface area contributed by atoms with Crippen molar-refractivity contribution in [2.75, 3.05) is 0 Å². The van der Waals surface area contributed by atoms with E-state index >= 15 is 0 Å². The molecule has 6 heteroatoms. The largest absolute Gasteiger partial charge is 0.693 e. The molecule has 0 aromatic rings. The van der Waals surface area contributed by atoms with Crippen molar-refractivity contribution in [2.24, 2.45) is 0 Å². The molecular formula is C9H36N4Pt2-12. The molecule has 0 aliphatic rings. The molecule has 0 rings (SSSR count). The summed E-state index contributed by atoms with van der Waals surface area (Å²) in [5, 5.41) is 0. The van der Waals surface area contributed by atoms with Gasteiger partial charge in [0.15, 0.2) is 0 Å². The Morgan fingerprint density at radius 1 is 0.267 bits per heavy atom. The van der Waals surface area contributed by atoms with E-state index in [1.165, 1.54) is 0 Å². The molecule has 0 saturated carbocycles. The van der Waals surface area contributed by atoms with Gasteiger partial charge in [0.1, 0.15) is 0 Å². The van der Waals surface area contributed by atoms with Crippen LogP contribution in [0.1, 0.15) is 7.43 Å². The van der Waals surface area contributed by atoms with Crippen molar-refractivity contribution in [3.05, 3.63) is 84.0 Å². The first kappa shape index (κ1) is 2540. The van der Waals surface area contributed by atoms with Gasteiger partial charge in [-0.2, -0.15) is 0 Å². The van der Waals surface area contributed by atoms with E-state index in [-0.39, 0.29) is 134 Å². The van der Waals surface area contributed by atoms with E-state index in [1.807, 2.05) is 0 Å². The molecule has 0 radical (unpaired) electrons. The third kappa shape index (κ3) is 1800. The maximum atomic E-state index is 0. The van der Waals surface area contributed by atoms with E-state index in [2.05, 4.69) is 0 Å². The van der Waals surface area contributed by atoms with Gasteiger partial charge in [-0.15, -0.1) is 0 Å². The van der Waals surface area contributed by atoms with Gasteiger partial charge in [0.2, 0.25) is 0 Å². The molecule has 0 spiro atoms. The molecule has 124 valence electrons. The summed E-state index contributed by atoms with van der Waals surface area (Å²) >= 11 is 0. The van der Waals surface area contributed by atoms with Gasteiger partial charge in [0.05, 0.1) is 0 Å².